The zero-order valence-electron chi connectivity index (χ0n) is 12.6. The van der Waals surface area contributed by atoms with Crippen LogP contribution in [-0.4, -0.2) is 30.0 Å². The van der Waals surface area contributed by atoms with Crippen LogP contribution < -0.4 is 0 Å². The first-order valence-corrected chi connectivity index (χ1v) is 7.47. The Labute approximate surface area is 121 Å². The van der Waals surface area contributed by atoms with E-state index in [1.54, 1.807) is 0 Å². The van der Waals surface area contributed by atoms with Gasteiger partial charge in [0, 0.05) is 6.42 Å². The van der Waals surface area contributed by atoms with Crippen LogP contribution in [0.25, 0.3) is 0 Å². The van der Waals surface area contributed by atoms with Crippen molar-refractivity contribution in [2.45, 2.75) is 57.0 Å². The highest BCUT2D eigenvalue weighted by Gasteiger charge is 2.67. The highest BCUT2D eigenvalue weighted by atomic mass is 16.7. The summed E-state index contributed by atoms with van der Waals surface area (Å²) in [4.78, 5) is 0. The highest BCUT2D eigenvalue weighted by molar-refractivity contribution is 5.16. The van der Waals surface area contributed by atoms with Crippen molar-refractivity contribution in [2.75, 3.05) is 13.2 Å². The van der Waals surface area contributed by atoms with Crippen molar-refractivity contribution in [3.63, 3.8) is 0 Å². The normalized spacial score (nSPS) is 34.5. The van der Waals surface area contributed by atoms with Crippen molar-refractivity contribution in [2.24, 2.45) is 0 Å². The van der Waals surface area contributed by atoms with Crippen molar-refractivity contribution in [1.29, 1.82) is 0 Å². The van der Waals surface area contributed by atoms with E-state index in [-0.39, 0.29) is 16.8 Å². The molecule has 2 aliphatic heterocycles. The lowest BCUT2D eigenvalue weighted by molar-refractivity contribution is -0.132. The van der Waals surface area contributed by atoms with E-state index in [1.165, 1.54) is 5.56 Å². The largest absolute Gasteiger partial charge is 0.374 e. The third kappa shape index (κ3) is 2.39. The third-order valence-corrected chi connectivity index (χ3v) is 4.79. The average molecular weight is 276 g/mol. The van der Waals surface area contributed by atoms with Crippen LogP contribution in [0.5, 0.6) is 0 Å². The van der Waals surface area contributed by atoms with Gasteiger partial charge >= 0.3 is 0 Å². The number of hydrogen-bond donors (Lipinski definition) is 0. The molecule has 2 aliphatic rings. The molecule has 3 rings (SSSR count). The Bertz CT molecular complexity index is 456. The highest BCUT2D eigenvalue weighted by Crippen LogP contribution is 2.55. The molecule has 1 aromatic carbocycles. The lowest BCUT2D eigenvalue weighted by Gasteiger charge is -2.30. The number of benzene rings is 1. The molecule has 0 N–H and O–H groups in total. The van der Waals surface area contributed by atoms with Crippen molar-refractivity contribution in [1.82, 2.24) is 0 Å². The van der Waals surface area contributed by atoms with E-state index in [0.29, 0.717) is 13.2 Å². The van der Waals surface area contributed by atoms with Crippen molar-refractivity contribution < 1.29 is 14.2 Å². The van der Waals surface area contributed by atoms with Crippen molar-refractivity contribution in [3.05, 3.63) is 35.9 Å². The van der Waals surface area contributed by atoms with Gasteiger partial charge in [-0.1, -0.05) is 37.3 Å². The molecule has 1 spiro atoms. The van der Waals surface area contributed by atoms with Gasteiger partial charge in [-0.05, 0) is 25.8 Å². The van der Waals surface area contributed by atoms with Crippen LogP contribution in [0.3, 0.4) is 0 Å². The lowest BCUT2D eigenvalue weighted by Crippen LogP contribution is -2.37. The molecule has 0 saturated carbocycles. The second-order valence-electron chi connectivity index (χ2n) is 6.59. The van der Waals surface area contributed by atoms with E-state index in [0.717, 1.165) is 19.4 Å². The summed E-state index contributed by atoms with van der Waals surface area (Å²) in [5, 5.41) is 0. The van der Waals surface area contributed by atoms with E-state index in [9.17, 15) is 0 Å². The predicted molar refractivity (Wildman–Crippen MR) is 77.6 cm³/mol. The molecule has 20 heavy (non-hydrogen) atoms. The minimum atomic E-state index is -0.209. The van der Waals surface area contributed by atoms with Crippen LogP contribution >= 0.6 is 0 Å². The molecule has 0 radical (unpaired) electrons. The van der Waals surface area contributed by atoms with E-state index in [4.69, 9.17) is 14.2 Å². The third-order valence-electron chi connectivity index (χ3n) is 4.79. The molecule has 2 heterocycles. The van der Waals surface area contributed by atoms with Crippen LogP contribution in [0.1, 0.15) is 39.2 Å². The van der Waals surface area contributed by atoms with Gasteiger partial charge in [0.15, 0.2) is 0 Å². The fraction of sp³-hybridized carbons (Fsp3) is 0.647. The molecule has 0 aliphatic carbocycles. The molecule has 110 valence electrons. The maximum absolute atomic E-state index is 6.35. The monoisotopic (exact) mass is 276 g/mol. The van der Waals surface area contributed by atoms with Crippen LogP contribution in [-0.2, 0) is 20.8 Å². The summed E-state index contributed by atoms with van der Waals surface area (Å²) in [6.45, 7) is 8.53. The minimum Gasteiger partial charge on any atom is -0.374 e. The minimum absolute atomic E-state index is 0.0703. The van der Waals surface area contributed by atoms with E-state index in [1.807, 2.05) is 18.2 Å². The van der Waals surface area contributed by atoms with E-state index < -0.39 is 0 Å². The zero-order chi connectivity index (χ0) is 14.3. The first-order valence-electron chi connectivity index (χ1n) is 7.47. The molecular weight excluding hydrogens is 252 g/mol. The van der Waals surface area contributed by atoms with Gasteiger partial charge < -0.3 is 14.2 Å². The zero-order valence-corrected chi connectivity index (χ0v) is 12.6. The molecular formula is C17H24O3. The van der Waals surface area contributed by atoms with Gasteiger partial charge in [0.1, 0.15) is 5.60 Å². The first kappa shape index (κ1) is 14.1. The van der Waals surface area contributed by atoms with E-state index >= 15 is 0 Å². The smallest absolute Gasteiger partial charge is 0.123 e. The first-order chi connectivity index (χ1) is 9.51. The Balaban J connectivity index is 1.61. The molecule has 3 heteroatoms. The van der Waals surface area contributed by atoms with Crippen LogP contribution in [0.15, 0.2) is 30.3 Å². The van der Waals surface area contributed by atoms with Crippen molar-refractivity contribution >= 4 is 0 Å². The van der Waals surface area contributed by atoms with Gasteiger partial charge in [-0.25, -0.2) is 0 Å². The van der Waals surface area contributed by atoms with E-state index in [2.05, 4.69) is 32.9 Å². The lowest BCUT2D eigenvalue weighted by atomic mass is 9.86. The summed E-state index contributed by atoms with van der Waals surface area (Å²) in [7, 11) is 0. The summed E-state index contributed by atoms with van der Waals surface area (Å²) in [6.07, 6.45) is 1.90. The maximum Gasteiger partial charge on any atom is 0.123 e. The molecule has 2 saturated heterocycles. The van der Waals surface area contributed by atoms with Gasteiger partial charge in [-0.3, -0.25) is 0 Å². The SMILES string of the molecule is CCC1(COCc2ccccc2)CC2(CO2)C(C)(C)O1. The summed E-state index contributed by atoms with van der Waals surface area (Å²) in [5.41, 5.74) is 0.723. The summed E-state index contributed by atoms with van der Waals surface area (Å²) in [5.74, 6) is 0. The van der Waals surface area contributed by atoms with Crippen molar-refractivity contribution in [3.8, 4) is 0 Å². The van der Waals surface area contributed by atoms with Gasteiger partial charge in [0.25, 0.3) is 0 Å². The summed E-state index contributed by atoms with van der Waals surface area (Å²) >= 11 is 0. The Kier molecular flexibility index (Phi) is 3.39. The molecule has 2 atom stereocenters. The average Bonchev–Trinajstić information content (AvgIpc) is 3.16. The Morgan fingerprint density at radius 3 is 2.45 bits per heavy atom. The second kappa shape index (κ2) is 4.83. The molecule has 3 nitrogen and oxygen atoms in total. The summed E-state index contributed by atoms with van der Waals surface area (Å²) in [6, 6.07) is 10.3. The number of epoxide rings is 1. The Hall–Kier alpha value is -0.900. The molecule has 2 fully saturated rings. The molecule has 0 bridgehead atoms. The topological polar surface area (TPSA) is 31.0 Å². The van der Waals surface area contributed by atoms with Gasteiger partial charge in [0.2, 0.25) is 0 Å². The fourth-order valence-corrected chi connectivity index (χ4v) is 3.25. The Morgan fingerprint density at radius 2 is 1.90 bits per heavy atom. The van der Waals surface area contributed by atoms with Crippen LogP contribution in [0.2, 0.25) is 0 Å². The van der Waals surface area contributed by atoms with Gasteiger partial charge in [0.05, 0.1) is 31.0 Å². The standard InChI is InChI=1S/C17H24O3/c1-4-16(11-17(13-19-17)15(2,3)20-16)12-18-10-14-8-6-5-7-9-14/h5-9H,4,10-13H2,1-3H3. The Morgan fingerprint density at radius 1 is 1.20 bits per heavy atom. The maximum atomic E-state index is 6.35. The molecule has 1 aromatic rings. The summed E-state index contributed by atoms with van der Waals surface area (Å²) < 4.78 is 18.0. The van der Waals surface area contributed by atoms with Gasteiger partial charge in [-0.2, -0.15) is 0 Å². The van der Waals surface area contributed by atoms with Crippen LogP contribution in [0, 0.1) is 0 Å². The van der Waals surface area contributed by atoms with Crippen LogP contribution in [0.4, 0.5) is 0 Å². The molecule has 2 unspecified atom stereocenters. The number of rotatable bonds is 5. The quantitative estimate of drug-likeness (QED) is 0.773. The number of hydrogen-bond acceptors (Lipinski definition) is 3. The fourth-order valence-electron chi connectivity index (χ4n) is 3.25. The predicted octanol–water partition coefficient (Wildman–Crippen LogP) is 3.32. The number of ether oxygens (including phenoxy) is 3. The molecule has 0 aromatic heterocycles. The van der Waals surface area contributed by atoms with Gasteiger partial charge in [-0.15, -0.1) is 0 Å². The second-order valence-corrected chi connectivity index (χ2v) is 6.59. The molecule has 0 amide bonds.